The van der Waals surface area contributed by atoms with E-state index in [4.69, 9.17) is 0 Å². The summed E-state index contributed by atoms with van der Waals surface area (Å²) >= 11 is 0. The Hall–Kier alpha value is -1.34. The molecule has 1 aromatic carbocycles. The monoisotopic (exact) mass is 422 g/mol. The Balaban J connectivity index is 1.93. The lowest BCUT2D eigenvalue weighted by Crippen LogP contribution is -2.35. The molecule has 1 N–H and O–H groups in total. The Labute approximate surface area is 192 Å². The zero-order chi connectivity index (χ0) is 23.0. The normalized spacial score (nSPS) is 26.2. The molecular formula is C30H46O. The molecule has 0 amide bonds. The molecule has 1 nitrogen and oxygen atoms in total. The van der Waals surface area contributed by atoms with Crippen molar-refractivity contribution in [1.82, 2.24) is 0 Å². The zero-order valence-electron chi connectivity index (χ0n) is 21.3. The van der Waals surface area contributed by atoms with Crippen molar-refractivity contribution in [1.29, 1.82) is 0 Å². The van der Waals surface area contributed by atoms with Gasteiger partial charge in [-0.05, 0) is 85.0 Å². The summed E-state index contributed by atoms with van der Waals surface area (Å²) in [7, 11) is 0. The lowest BCUT2D eigenvalue weighted by molar-refractivity contribution is -0.0122. The molecule has 172 valence electrons. The van der Waals surface area contributed by atoms with E-state index in [0.29, 0.717) is 17.8 Å². The van der Waals surface area contributed by atoms with Gasteiger partial charge >= 0.3 is 0 Å². The van der Waals surface area contributed by atoms with E-state index in [9.17, 15) is 5.11 Å². The van der Waals surface area contributed by atoms with E-state index in [1.165, 1.54) is 40.7 Å². The van der Waals surface area contributed by atoms with Crippen molar-refractivity contribution in [3.8, 4) is 0 Å². The van der Waals surface area contributed by atoms with Crippen molar-refractivity contribution in [3.63, 3.8) is 0 Å². The summed E-state index contributed by atoms with van der Waals surface area (Å²) in [6.07, 6.45) is 10.8. The van der Waals surface area contributed by atoms with Crippen molar-refractivity contribution >= 4 is 6.08 Å². The van der Waals surface area contributed by atoms with Crippen LogP contribution < -0.4 is 0 Å². The fourth-order valence-corrected chi connectivity index (χ4v) is 6.50. The molecule has 0 aliphatic heterocycles. The van der Waals surface area contributed by atoms with Gasteiger partial charge in [-0.25, -0.2) is 0 Å². The lowest BCUT2D eigenvalue weighted by atomic mass is 9.67. The van der Waals surface area contributed by atoms with E-state index in [-0.39, 0.29) is 5.41 Å². The first-order valence-corrected chi connectivity index (χ1v) is 12.8. The average Bonchev–Trinajstić information content (AvgIpc) is 3.06. The predicted molar refractivity (Wildman–Crippen MR) is 135 cm³/mol. The summed E-state index contributed by atoms with van der Waals surface area (Å²) in [4.78, 5) is 0. The Morgan fingerprint density at radius 1 is 1.13 bits per heavy atom. The van der Waals surface area contributed by atoms with Crippen molar-refractivity contribution < 1.29 is 5.11 Å². The number of hydrogen-bond acceptors (Lipinski definition) is 1. The fraction of sp³-hybridized carbons (Fsp3) is 0.667. The molecule has 1 aromatic rings. The van der Waals surface area contributed by atoms with Gasteiger partial charge in [-0.1, -0.05) is 90.3 Å². The number of fused-ring (bicyclic) bond motifs is 1. The maximum absolute atomic E-state index is 12.1. The second kappa shape index (κ2) is 9.26. The van der Waals surface area contributed by atoms with Crippen LogP contribution in [-0.4, -0.2) is 5.11 Å². The van der Waals surface area contributed by atoms with Crippen LogP contribution in [0.25, 0.3) is 6.08 Å². The maximum Gasteiger partial charge on any atom is 0.0902 e. The summed E-state index contributed by atoms with van der Waals surface area (Å²) in [6.45, 7) is 20.5. The molecule has 0 spiro atoms. The summed E-state index contributed by atoms with van der Waals surface area (Å²) in [5.74, 6) is 1.68. The second-order valence-corrected chi connectivity index (χ2v) is 11.6. The van der Waals surface area contributed by atoms with Gasteiger partial charge in [0.15, 0.2) is 0 Å². The highest BCUT2D eigenvalue weighted by molar-refractivity contribution is 5.70. The molecule has 3 rings (SSSR count). The van der Waals surface area contributed by atoms with Crippen molar-refractivity contribution in [2.24, 2.45) is 17.3 Å². The molecule has 1 saturated carbocycles. The van der Waals surface area contributed by atoms with Gasteiger partial charge in [0, 0.05) is 5.92 Å². The number of allylic oxidation sites excluding steroid dienone is 2. The standard InChI is InChI=1S/C30H46O/c1-9-22(10-2)26-23(11-3)18-25-13-12-20(4)28(27(25)26)30(31)16-14-24(15-17-30)21(5)19-29(6,7)8/h12-13,18,22,24,26,31H,5,9-11,14-17,19H2,1-4,6-8H3. The first-order chi connectivity index (χ1) is 14.5. The number of rotatable bonds is 7. The van der Waals surface area contributed by atoms with Crippen LogP contribution in [0.1, 0.15) is 121 Å². The van der Waals surface area contributed by atoms with Crippen LogP contribution in [0.3, 0.4) is 0 Å². The quantitative estimate of drug-likeness (QED) is 0.436. The minimum Gasteiger partial charge on any atom is -0.385 e. The molecule has 1 fully saturated rings. The molecule has 0 heterocycles. The van der Waals surface area contributed by atoms with E-state index < -0.39 is 5.60 Å². The third kappa shape index (κ3) is 4.87. The highest BCUT2D eigenvalue weighted by Crippen LogP contribution is 2.52. The number of hydrogen-bond donors (Lipinski definition) is 1. The van der Waals surface area contributed by atoms with Crippen LogP contribution in [0.4, 0.5) is 0 Å². The van der Waals surface area contributed by atoms with Gasteiger partial charge in [-0.3, -0.25) is 0 Å². The summed E-state index contributed by atoms with van der Waals surface area (Å²) < 4.78 is 0. The highest BCUT2D eigenvalue weighted by Gasteiger charge is 2.42. The van der Waals surface area contributed by atoms with Crippen LogP contribution in [0.5, 0.6) is 0 Å². The average molecular weight is 423 g/mol. The Kier molecular flexibility index (Phi) is 7.26. The lowest BCUT2D eigenvalue weighted by Gasteiger charge is -2.41. The maximum atomic E-state index is 12.1. The number of aryl methyl sites for hydroxylation is 1. The van der Waals surface area contributed by atoms with Crippen LogP contribution in [0.2, 0.25) is 0 Å². The van der Waals surface area contributed by atoms with Gasteiger partial charge < -0.3 is 5.11 Å². The van der Waals surface area contributed by atoms with Crippen LogP contribution >= 0.6 is 0 Å². The fourth-order valence-electron chi connectivity index (χ4n) is 6.50. The minimum atomic E-state index is -0.699. The minimum absolute atomic E-state index is 0.284. The largest absolute Gasteiger partial charge is 0.385 e. The summed E-state index contributed by atoms with van der Waals surface area (Å²) in [5, 5.41) is 12.1. The third-order valence-corrected chi connectivity index (χ3v) is 8.08. The summed E-state index contributed by atoms with van der Waals surface area (Å²) in [5.41, 5.74) is 7.89. The van der Waals surface area contributed by atoms with Crippen molar-refractivity contribution in [3.05, 3.63) is 52.1 Å². The molecule has 0 saturated heterocycles. The van der Waals surface area contributed by atoms with Gasteiger partial charge in [-0.2, -0.15) is 0 Å². The number of benzene rings is 1. The molecule has 2 aliphatic rings. The highest BCUT2D eigenvalue weighted by atomic mass is 16.3. The van der Waals surface area contributed by atoms with E-state index in [0.717, 1.165) is 38.5 Å². The molecule has 1 atom stereocenters. The Bertz CT molecular complexity index is 823. The van der Waals surface area contributed by atoms with E-state index in [1.807, 2.05) is 0 Å². The first-order valence-electron chi connectivity index (χ1n) is 12.8. The van der Waals surface area contributed by atoms with Crippen LogP contribution in [-0.2, 0) is 5.60 Å². The Morgan fingerprint density at radius 3 is 2.26 bits per heavy atom. The molecule has 0 aromatic heterocycles. The molecule has 0 bridgehead atoms. The number of aliphatic hydroxyl groups is 1. The topological polar surface area (TPSA) is 20.2 Å². The van der Waals surface area contributed by atoms with Crippen LogP contribution in [0, 0.1) is 24.2 Å². The SMILES string of the molecule is C=C(CC(C)(C)C)C1CCC(O)(c2c(C)ccc3c2C(C(CC)CC)C(CC)=C3)CC1. The van der Waals surface area contributed by atoms with Crippen LogP contribution in [0.15, 0.2) is 29.9 Å². The van der Waals surface area contributed by atoms with Gasteiger partial charge in [0.2, 0.25) is 0 Å². The third-order valence-electron chi connectivity index (χ3n) is 8.08. The van der Waals surface area contributed by atoms with Gasteiger partial charge in [0.05, 0.1) is 5.60 Å². The van der Waals surface area contributed by atoms with Gasteiger partial charge in [0.25, 0.3) is 0 Å². The van der Waals surface area contributed by atoms with E-state index in [1.54, 1.807) is 5.57 Å². The second-order valence-electron chi connectivity index (χ2n) is 11.6. The Morgan fingerprint density at radius 2 is 1.74 bits per heavy atom. The van der Waals surface area contributed by atoms with Gasteiger partial charge in [0.1, 0.15) is 0 Å². The first kappa shape index (κ1) is 24.3. The molecule has 1 heteroatoms. The molecule has 31 heavy (non-hydrogen) atoms. The predicted octanol–water partition coefficient (Wildman–Crippen LogP) is 8.69. The molecule has 2 aliphatic carbocycles. The van der Waals surface area contributed by atoms with E-state index >= 15 is 0 Å². The molecule has 1 unspecified atom stereocenters. The summed E-state index contributed by atoms with van der Waals surface area (Å²) in [6, 6.07) is 4.54. The smallest absolute Gasteiger partial charge is 0.0902 e. The molecular weight excluding hydrogens is 376 g/mol. The van der Waals surface area contributed by atoms with Gasteiger partial charge in [-0.15, -0.1) is 0 Å². The van der Waals surface area contributed by atoms with Crippen molar-refractivity contribution in [2.75, 3.05) is 0 Å². The van der Waals surface area contributed by atoms with E-state index in [2.05, 4.69) is 73.3 Å². The molecule has 0 radical (unpaired) electrons. The zero-order valence-corrected chi connectivity index (χ0v) is 21.3. The van der Waals surface area contributed by atoms with Crippen molar-refractivity contribution in [2.45, 2.75) is 111 Å².